The van der Waals surface area contributed by atoms with Crippen LogP contribution in [0.4, 0.5) is 10.2 Å². The Morgan fingerprint density at radius 2 is 2.18 bits per heavy atom. The Morgan fingerprint density at radius 3 is 3.00 bits per heavy atom. The van der Waals surface area contributed by atoms with Crippen LogP contribution < -0.4 is 5.32 Å². The summed E-state index contributed by atoms with van der Waals surface area (Å²) in [5, 5.41) is 7.87. The lowest BCUT2D eigenvalue weighted by molar-refractivity contribution is -0.138. The van der Waals surface area contributed by atoms with Crippen LogP contribution in [0.25, 0.3) is 5.65 Å². The van der Waals surface area contributed by atoms with E-state index in [-0.39, 0.29) is 31.6 Å². The molecule has 1 N–H and O–H groups in total. The summed E-state index contributed by atoms with van der Waals surface area (Å²) in [7, 11) is 0. The topological polar surface area (TPSA) is 93.9 Å². The van der Waals surface area contributed by atoms with Crippen molar-refractivity contribution in [1.82, 2.24) is 24.5 Å². The van der Waals surface area contributed by atoms with Crippen molar-refractivity contribution in [2.24, 2.45) is 0 Å². The van der Waals surface area contributed by atoms with Gasteiger partial charge in [0.15, 0.2) is 12.5 Å². The number of halogens is 2. The van der Waals surface area contributed by atoms with Crippen molar-refractivity contribution in [1.29, 1.82) is 0 Å². The van der Waals surface area contributed by atoms with Gasteiger partial charge in [-0.25, -0.2) is 9.37 Å². The SMILES string of the molecule is O=C(COCCOCF)N1CCCC(c2cc(NCc3cccnc3)n3ncc(Br)c3n2)C1. The molecular weight excluding hydrogens is 495 g/mol. The van der Waals surface area contributed by atoms with Gasteiger partial charge in [0.2, 0.25) is 5.91 Å². The number of hydrogen-bond donors (Lipinski definition) is 1. The van der Waals surface area contributed by atoms with Gasteiger partial charge in [-0.1, -0.05) is 6.07 Å². The normalized spacial score (nSPS) is 16.3. The number of piperidine rings is 1. The monoisotopic (exact) mass is 520 g/mol. The number of carbonyl (C=O) groups excluding carboxylic acids is 1. The Morgan fingerprint density at radius 1 is 1.30 bits per heavy atom. The first-order chi connectivity index (χ1) is 16.2. The number of pyridine rings is 1. The third-order valence-corrected chi connectivity index (χ3v) is 6.07. The van der Waals surface area contributed by atoms with Gasteiger partial charge in [-0.2, -0.15) is 9.61 Å². The van der Waals surface area contributed by atoms with Gasteiger partial charge in [-0.3, -0.25) is 9.78 Å². The fourth-order valence-electron chi connectivity index (χ4n) is 3.85. The van der Waals surface area contributed by atoms with Gasteiger partial charge in [0.1, 0.15) is 12.4 Å². The van der Waals surface area contributed by atoms with Crippen LogP contribution in [0.3, 0.4) is 0 Å². The average Bonchev–Trinajstić information content (AvgIpc) is 3.23. The van der Waals surface area contributed by atoms with Crippen molar-refractivity contribution in [2.75, 3.05) is 45.1 Å². The van der Waals surface area contributed by atoms with E-state index >= 15 is 0 Å². The van der Waals surface area contributed by atoms with Crippen LogP contribution in [-0.4, -0.2) is 70.2 Å². The molecule has 0 aromatic carbocycles. The third-order valence-electron chi connectivity index (χ3n) is 5.51. The summed E-state index contributed by atoms with van der Waals surface area (Å²) in [4.78, 5) is 23.4. The van der Waals surface area contributed by atoms with Crippen LogP contribution >= 0.6 is 15.9 Å². The second-order valence-corrected chi connectivity index (χ2v) is 8.61. The number of ether oxygens (including phenoxy) is 2. The van der Waals surface area contributed by atoms with Crippen molar-refractivity contribution < 1.29 is 18.7 Å². The zero-order valence-electron chi connectivity index (χ0n) is 18.1. The van der Waals surface area contributed by atoms with Crippen molar-refractivity contribution in [3.8, 4) is 0 Å². The zero-order chi connectivity index (χ0) is 23.0. The fraction of sp³-hybridized carbons (Fsp3) is 0.455. The van der Waals surface area contributed by atoms with Crippen LogP contribution in [0, 0.1) is 0 Å². The Balaban J connectivity index is 1.46. The molecule has 0 bridgehead atoms. The van der Waals surface area contributed by atoms with E-state index in [4.69, 9.17) is 9.72 Å². The lowest BCUT2D eigenvalue weighted by Gasteiger charge is -2.32. The maximum atomic E-state index is 12.6. The number of amides is 1. The number of carbonyl (C=O) groups is 1. The number of likely N-dealkylation sites (tertiary alicyclic amines) is 1. The van der Waals surface area contributed by atoms with Crippen molar-refractivity contribution >= 4 is 33.3 Å². The Bertz CT molecular complexity index is 1070. The van der Waals surface area contributed by atoms with Gasteiger partial charge in [-0.05, 0) is 40.4 Å². The third kappa shape index (κ3) is 6.04. The molecule has 0 spiro atoms. The lowest BCUT2D eigenvalue weighted by Crippen LogP contribution is -2.41. The minimum Gasteiger partial charge on any atom is -0.369 e. The van der Waals surface area contributed by atoms with Gasteiger partial charge in [0, 0.05) is 44.0 Å². The van der Waals surface area contributed by atoms with Crippen molar-refractivity contribution in [3.05, 3.63) is 52.5 Å². The number of nitrogens with zero attached hydrogens (tertiary/aromatic N) is 5. The molecule has 1 amide bonds. The average molecular weight is 521 g/mol. The molecule has 0 radical (unpaired) electrons. The fourth-order valence-corrected chi connectivity index (χ4v) is 4.20. The zero-order valence-corrected chi connectivity index (χ0v) is 19.7. The Hall–Kier alpha value is -2.63. The molecular formula is C22H26BrFN6O3. The van der Waals surface area contributed by atoms with Gasteiger partial charge < -0.3 is 19.7 Å². The molecule has 33 heavy (non-hydrogen) atoms. The first kappa shape index (κ1) is 23.5. The summed E-state index contributed by atoms with van der Waals surface area (Å²) in [6.07, 6.45) is 7.11. The van der Waals surface area contributed by atoms with E-state index in [0.717, 1.165) is 40.0 Å². The highest BCUT2D eigenvalue weighted by Crippen LogP contribution is 2.30. The summed E-state index contributed by atoms with van der Waals surface area (Å²) in [6, 6.07) is 5.92. The number of aromatic nitrogens is 4. The quantitative estimate of drug-likeness (QED) is 0.410. The van der Waals surface area contributed by atoms with Gasteiger partial charge in [-0.15, -0.1) is 0 Å². The number of anilines is 1. The standard InChI is InChI=1S/C22H26BrFN6O3/c23-18-12-27-30-20(26-11-16-3-1-5-25-10-16)9-19(28-22(18)30)17-4-2-6-29(13-17)21(31)14-32-7-8-33-15-24/h1,3,5,9-10,12,17,26H,2,4,6-8,11,13-15H2. The summed E-state index contributed by atoms with van der Waals surface area (Å²) in [6.45, 7) is 1.28. The second kappa shape index (κ2) is 11.5. The van der Waals surface area contributed by atoms with Crippen LogP contribution in [0.5, 0.6) is 0 Å². The predicted octanol–water partition coefficient (Wildman–Crippen LogP) is 3.17. The van der Waals surface area contributed by atoms with E-state index < -0.39 is 6.86 Å². The van der Waals surface area contributed by atoms with E-state index in [1.54, 1.807) is 16.9 Å². The number of fused-ring (bicyclic) bond motifs is 1. The van der Waals surface area contributed by atoms with Crippen LogP contribution in [-0.2, 0) is 20.8 Å². The number of alkyl halides is 1. The molecule has 0 saturated carbocycles. The molecule has 9 nitrogen and oxygen atoms in total. The molecule has 11 heteroatoms. The highest BCUT2D eigenvalue weighted by Gasteiger charge is 2.27. The largest absolute Gasteiger partial charge is 0.369 e. The molecule has 3 aromatic rings. The van der Waals surface area contributed by atoms with Gasteiger partial charge in [0.25, 0.3) is 0 Å². The molecule has 4 heterocycles. The van der Waals surface area contributed by atoms with E-state index in [9.17, 15) is 9.18 Å². The lowest BCUT2D eigenvalue weighted by atomic mass is 9.94. The molecule has 1 saturated heterocycles. The van der Waals surface area contributed by atoms with Crippen LogP contribution in [0.1, 0.15) is 30.0 Å². The number of rotatable bonds is 10. The Labute approximate surface area is 199 Å². The molecule has 1 fully saturated rings. The van der Waals surface area contributed by atoms with Gasteiger partial charge in [0.05, 0.1) is 29.6 Å². The van der Waals surface area contributed by atoms with E-state index in [0.29, 0.717) is 19.6 Å². The minimum atomic E-state index is -0.852. The molecule has 3 aromatic heterocycles. The van der Waals surface area contributed by atoms with Crippen molar-refractivity contribution in [3.63, 3.8) is 0 Å². The molecule has 1 aliphatic heterocycles. The molecule has 4 rings (SSSR count). The highest BCUT2D eigenvalue weighted by atomic mass is 79.9. The first-order valence-electron chi connectivity index (χ1n) is 10.8. The summed E-state index contributed by atoms with van der Waals surface area (Å²) < 4.78 is 24.4. The number of nitrogens with one attached hydrogen (secondary N) is 1. The van der Waals surface area contributed by atoms with E-state index in [1.807, 2.05) is 29.3 Å². The minimum absolute atomic E-state index is 0.0408. The molecule has 0 aliphatic carbocycles. The first-order valence-corrected chi connectivity index (χ1v) is 11.6. The maximum Gasteiger partial charge on any atom is 0.248 e. The van der Waals surface area contributed by atoms with Gasteiger partial charge >= 0.3 is 0 Å². The number of hydrogen-bond acceptors (Lipinski definition) is 7. The smallest absolute Gasteiger partial charge is 0.248 e. The van der Waals surface area contributed by atoms with Crippen molar-refractivity contribution in [2.45, 2.75) is 25.3 Å². The van der Waals surface area contributed by atoms with E-state index in [1.165, 1.54) is 0 Å². The Kier molecular flexibility index (Phi) is 8.19. The maximum absolute atomic E-state index is 12.6. The molecule has 176 valence electrons. The molecule has 1 aliphatic rings. The second-order valence-electron chi connectivity index (χ2n) is 7.76. The summed E-state index contributed by atoms with van der Waals surface area (Å²) >= 11 is 3.54. The van der Waals surface area contributed by atoms with Crippen LogP contribution in [0.2, 0.25) is 0 Å². The predicted molar refractivity (Wildman–Crippen MR) is 124 cm³/mol. The summed E-state index contributed by atoms with van der Waals surface area (Å²) in [5.74, 6) is 0.842. The molecule has 1 atom stereocenters. The van der Waals surface area contributed by atoms with Crippen LogP contribution in [0.15, 0.2) is 41.3 Å². The summed E-state index contributed by atoms with van der Waals surface area (Å²) in [5.41, 5.74) is 2.69. The highest BCUT2D eigenvalue weighted by molar-refractivity contribution is 9.10. The molecule has 1 unspecified atom stereocenters. The van der Waals surface area contributed by atoms with E-state index in [2.05, 4.69) is 36.1 Å².